The highest BCUT2D eigenvalue weighted by Crippen LogP contribution is 2.69. The number of amides is 3. The van der Waals surface area contributed by atoms with Gasteiger partial charge in [-0.3, -0.25) is 14.4 Å². The molecule has 3 saturated heterocycles. The lowest BCUT2D eigenvalue weighted by Gasteiger charge is -2.47. The molecular formula is C42H57N3O5S. The Morgan fingerprint density at radius 3 is 2.25 bits per heavy atom. The second kappa shape index (κ2) is 15.2. The second-order valence-electron chi connectivity index (χ2n) is 16.3. The van der Waals surface area contributed by atoms with E-state index in [9.17, 15) is 9.90 Å². The molecule has 2 aromatic rings. The van der Waals surface area contributed by atoms with Crippen molar-refractivity contribution in [3.8, 4) is 5.75 Å². The van der Waals surface area contributed by atoms with Gasteiger partial charge in [0.2, 0.25) is 17.7 Å². The first-order valence-electron chi connectivity index (χ1n) is 18.4. The standard InChI is InChI=1S/C42H57N3O5S/c1-10-22-43(30-18-20-32(21-19-30)50-12-3)37(47)34-33-24-28(4)42(51-33)35(34)38(48)45(31(26-46)25-29-16-14-13-15-17-29)36(42)39(49)44(23-11-2)41(8,9)27-40(5,6)7/h10-11,13-21,28,31,33-36,46H,1-2,12,22-27H2,3-9H3/t28?,31-,33-,34+,35+,36?,42?/m1/s1. The fourth-order valence-corrected chi connectivity index (χ4v) is 11.8. The number of nitrogens with zero attached hydrogens (tertiary/aromatic N) is 3. The van der Waals surface area contributed by atoms with Crippen LogP contribution in [0.25, 0.3) is 0 Å². The van der Waals surface area contributed by atoms with Crippen molar-refractivity contribution in [1.82, 2.24) is 9.80 Å². The molecule has 2 bridgehead atoms. The number of hydrogen-bond donors (Lipinski definition) is 1. The summed E-state index contributed by atoms with van der Waals surface area (Å²) in [6.07, 6.45) is 5.29. The molecule has 3 heterocycles. The highest BCUT2D eigenvalue weighted by Gasteiger charge is 2.77. The monoisotopic (exact) mass is 715 g/mol. The number of anilines is 1. The minimum Gasteiger partial charge on any atom is -0.494 e. The first kappa shape index (κ1) is 38.7. The summed E-state index contributed by atoms with van der Waals surface area (Å²) < 4.78 is 4.80. The molecule has 5 rings (SSSR count). The van der Waals surface area contributed by atoms with E-state index in [1.54, 1.807) is 33.7 Å². The molecule has 3 unspecified atom stereocenters. The molecule has 8 nitrogen and oxygen atoms in total. The van der Waals surface area contributed by atoms with Gasteiger partial charge in [0.1, 0.15) is 11.8 Å². The van der Waals surface area contributed by atoms with Crippen LogP contribution in [0.5, 0.6) is 5.75 Å². The van der Waals surface area contributed by atoms with Crippen LogP contribution in [0, 0.1) is 23.2 Å². The lowest BCUT2D eigenvalue weighted by Crippen LogP contribution is -2.63. The van der Waals surface area contributed by atoms with Gasteiger partial charge in [-0.05, 0) is 81.2 Å². The van der Waals surface area contributed by atoms with Crippen molar-refractivity contribution in [2.75, 3.05) is 31.2 Å². The van der Waals surface area contributed by atoms with Crippen LogP contribution >= 0.6 is 11.8 Å². The van der Waals surface area contributed by atoms with Gasteiger partial charge in [0, 0.05) is 29.6 Å². The van der Waals surface area contributed by atoms with Gasteiger partial charge in [-0.25, -0.2) is 0 Å². The Kier molecular flexibility index (Phi) is 11.5. The molecule has 3 aliphatic rings. The number of ether oxygens (including phenoxy) is 1. The summed E-state index contributed by atoms with van der Waals surface area (Å²) in [5, 5.41) is 10.9. The Morgan fingerprint density at radius 2 is 1.69 bits per heavy atom. The molecule has 1 spiro atoms. The topological polar surface area (TPSA) is 90.4 Å². The van der Waals surface area contributed by atoms with E-state index in [-0.39, 0.29) is 47.5 Å². The molecule has 3 aliphatic heterocycles. The normalized spacial score (nSPS) is 26.1. The summed E-state index contributed by atoms with van der Waals surface area (Å²) >= 11 is 1.66. The fourth-order valence-electron chi connectivity index (χ4n) is 9.38. The minimum atomic E-state index is -0.865. The predicted octanol–water partition coefficient (Wildman–Crippen LogP) is 6.77. The summed E-state index contributed by atoms with van der Waals surface area (Å²) in [5.74, 6) is -1.18. The third-order valence-corrected chi connectivity index (χ3v) is 13.0. The van der Waals surface area contributed by atoms with Gasteiger partial charge in [-0.2, -0.15) is 0 Å². The Labute approximate surface area is 309 Å². The number of aliphatic hydroxyl groups is 1. The van der Waals surface area contributed by atoms with Crippen LogP contribution in [-0.2, 0) is 20.8 Å². The lowest BCUT2D eigenvalue weighted by atomic mass is 9.65. The average molecular weight is 716 g/mol. The van der Waals surface area contributed by atoms with Gasteiger partial charge < -0.3 is 24.5 Å². The number of carbonyl (C=O) groups excluding carboxylic acids is 3. The maximum absolute atomic E-state index is 15.5. The number of thioether (sulfide) groups is 1. The van der Waals surface area contributed by atoms with Gasteiger partial charge in [-0.15, -0.1) is 24.9 Å². The van der Waals surface area contributed by atoms with E-state index < -0.39 is 34.2 Å². The van der Waals surface area contributed by atoms with Crippen LogP contribution in [0.4, 0.5) is 5.69 Å². The van der Waals surface area contributed by atoms with Crippen LogP contribution < -0.4 is 9.64 Å². The van der Waals surface area contributed by atoms with E-state index >= 15 is 9.59 Å². The Morgan fingerprint density at radius 1 is 1.04 bits per heavy atom. The van der Waals surface area contributed by atoms with E-state index in [0.717, 1.165) is 12.0 Å². The van der Waals surface area contributed by atoms with Crippen molar-refractivity contribution < 1.29 is 24.2 Å². The maximum Gasteiger partial charge on any atom is 0.247 e. The largest absolute Gasteiger partial charge is 0.494 e. The number of rotatable bonds is 15. The van der Waals surface area contributed by atoms with Crippen molar-refractivity contribution in [2.45, 2.75) is 95.3 Å². The van der Waals surface area contributed by atoms with Crippen LogP contribution in [-0.4, -0.2) is 86.6 Å². The van der Waals surface area contributed by atoms with E-state index in [0.29, 0.717) is 37.4 Å². The molecule has 51 heavy (non-hydrogen) atoms. The molecule has 3 amide bonds. The summed E-state index contributed by atoms with van der Waals surface area (Å²) in [6.45, 7) is 23.5. The van der Waals surface area contributed by atoms with Crippen LogP contribution in [0.15, 0.2) is 79.9 Å². The maximum atomic E-state index is 15.5. The molecule has 1 N–H and O–H groups in total. The Balaban J connectivity index is 1.63. The smallest absolute Gasteiger partial charge is 0.247 e. The first-order chi connectivity index (χ1) is 24.1. The molecule has 7 atom stereocenters. The SMILES string of the molecule is C=CCN(C(=O)[C@@H]1[C@H]2C(=O)N([C@@H](CO)Cc3ccccc3)C(C(=O)N(CC=C)C(C)(C)CC(C)(C)C)C23S[C@@H]1CC3C)c1ccc(OCC)cc1. The van der Waals surface area contributed by atoms with Crippen molar-refractivity contribution >= 4 is 35.2 Å². The number of likely N-dealkylation sites (tertiary alicyclic amines) is 1. The number of fused-ring (bicyclic) bond motifs is 1. The summed E-state index contributed by atoms with van der Waals surface area (Å²) in [4.78, 5) is 50.9. The van der Waals surface area contributed by atoms with Gasteiger partial charge in [0.15, 0.2) is 0 Å². The summed E-state index contributed by atoms with van der Waals surface area (Å²) in [6, 6.07) is 15.7. The zero-order valence-corrected chi connectivity index (χ0v) is 32.3. The summed E-state index contributed by atoms with van der Waals surface area (Å²) in [5.41, 5.74) is 1.03. The second-order valence-corrected chi connectivity index (χ2v) is 17.8. The van der Waals surface area contributed by atoms with Crippen molar-refractivity contribution in [3.63, 3.8) is 0 Å². The van der Waals surface area contributed by atoms with Crippen LogP contribution in [0.1, 0.15) is 66.9 Å². The molecule has 0 aromatic heterocycles. The number of carbonyl (C=O) groups is 3. The third-order valence-electron chi connectivity index (χ3n) is 10.9. The highest BCUT2D eigenvalue weighted by atomic mass is 32.2. The lowest BCUT2D eigenvalue weighted by molar-refractivity contribution is -0.149. The fraction of sp³-hybridized carbons (Fsp3) is 0.548. The van der Waals surface area contributed by atoms with Crippen molar-refractivity contribution in [2.24, 2.45) is 23.2 Å². The van der Waals surface area contributed by atoms with E-state index in [1.165, 1.54) is 0 Å². The molecular weight excluding hydrogens is 659 g/mol. The quantitative estimate of drug-likeness (QED) is 0.205. The molecule has 3 fully saturated rings. The van der Waals surface area contributed by atoms with E-state index in [1.807, 2.05) is 66.4 Å². The van der Waals surface area contributed by atoms with Gasteiger partial charge >= 0.3 is 0 Å². The molecule has 0 aliphatic carbocycles. The van der Waals surface area contributed by atoms with Crippen LogP contribution in [0.3, 0.4) is 0 Å². The van der Waals surface area contributed by atoms with Crippen molar-refractivity contribution in [3.05, 3.63) is 85.5 Å². The third kappa shape index (κ3) is 7.25. The predicted molar refractivity (Wildman–Crippen MR) is 207 cm³/mol. The van der Waals surface area contributed by atoms with Crippen molar-refractivity contribution in [1.29, 1.82) is 0 Å². The van der Waals surface area contributed by atoms with E-state index in [4.69, 9.17) is 4.74 Å². The Bertz CT molecular complexity index is 1590. The van der Waals surface area contributed by atoms with Crippen LogP contribution in [0.2, 0.25) is 0 Å². The average Bonchev–Trinajstić information content (AvgIpc) is 3.67. The van der Waals surface area contributed by atoms with Gasteiger partial charge in [-0.1, -0.05) is 70.2 Å². The number of hydrogen-bond acceptors (Lipinski definition) is 6. The number of benzene rings is 2. The Hall–Kier alpha value is -3.56. The summed E-state index contributed by atoms with van der Waals surface area (Å²) in [7, 11) is 0. The van der Waals surface area contributed by atoms with E-state index in [2.05, 4.69) is 54.7 Å². The molecule has 0 saturated carbocycles. The molecule has 2 aromatic carbocycles. The molecule has 9 heteroatoms. The molecule has 276 valence electrons. The number of aliphatic hydroxyl groups excluding tert-OH is 1. The zero-order chi connectivity index (χ0) is 37.3. The zero-order valence-electron chi connectivity index (χ0n) is 31.5. The highest BCUT2D eigenvalue weighted by molar-refractivity contribution is 8.02. The minimum absolute atomic E-state index is 0.0184. The van der Waals surface area contributed by atoms with Gasteiger partial charge in [0.25, 0.3) is 0 Å². The first-order valence-corrected chi connectivity index (χ1v) is 19.2. The van der Waals surface area contributed by atoms with Gasteiger partial charge in [0.05, 0.1) is 35.8 Å². The molecule has 0 radical (unpaired) electrons.